The number of carboxylic acid groups (broad SMARTS) is 1. The fraction of sp³-hybridized carbons (Fsp3) is 0.308. The SMILES string of the molecule is CC(C)(C)ONS(=O)(=O)c1ccc(/C=C/C(=O)O)cc1. The van der Waals surface area contributed by atoms with E-state index < -0.39 is 21.6 Å². The standard InChI is InChI=1S/C13H17NO5S/c1-13(2,3)19-14-20(17,18)11-7-4-10(5-8-11)6-9-12(15)16/h4-9,14H,1-3H3,(H,15,16)/b9-6+. The van der Waals surface area contributed by atoms with Crippen molar-refractivity contribution in [3.8, 4) is 0 Å². The number of nitrogens with one attached hydrogen (secondary N) is 1. The normalized spacial score (nSPS) is 12.8. The van der Waals surface area contributed by atoms with Crippen molar-refractivity contribution in [2.45, 2.75) is 31.3 Å². The largest absolute Gasteiger partial charge is 0.478 e. The number of benzene rings is 1. The number of sulfonamides is 1. The van der Waals surface area contributed by atoms with Crippen LogP contribution in [0.4, 0.5) is 0 Å². The molecule has 0 unspecified atom stereocenters. The Morgan fingerprint density at radius 1 is 1.25 bits per heavy atom. The highest BCUT2D eigenvalue weighted by Gasteiger charge is 2.18. The van der Waals surface area contributed by atoms with E-state index in [4.69, 9.17) is 9.94 Å². The van der Waals surface area contributed by atoms with Gasteiger partial charge in [-0.1, -0.05) is 17.0 Å². The molecule has 0 radical (unpaired) electrons. The Hall–Kier alpha value is -1.70. The zero-order valence-corrected chi connectivity index (χ0v) is 12.3. The molecule has 1 rings (SSSR count). The number of hydrogen-bond acceptors (Lipinski definition) is 4. The van der Waals surface area contributed by atoms with Crippen LogP contribution in [0, 0.1) is 0 Å². The van der Waals surface area contributed by atoms with Crippen molar-refractivity contribution in [1.29, 1.82) is 0 Å². The van der Waals surface area contributed by atoms with E-state index in [9.17, 15) is 13.2 Å². The molecule has 0 saturated heterocycles. The zero-order chi connectivity index (χ0) is 15.4. The molecule has 0 heterocycles. The second kappa shape index (κ2) is 6.17. The van der Waals surface area contributed by atoms with Gasteiger partial charge in [0.1, 0.15) is 0 Å². The lowest BCUT2D eigenvalue weighted by molar-refractivity contribution is -0.131. The minimum absolute atomic E-state index is 0.0363. The average molecular weight is 299 g/mol. The maximum atomic E-state index is 11.9. The minimum Gasteiger partial charge on any atom is -0.478 e. The van der Waals surface area contributed by atoms with Gasteiger partial charge in [0, 0.05) is 6.08 Å². The van der Waals surface area contributed by atoms with Gasteiger partial charge in [0.05, 0.1) is 10.5 Å². The molecule has 0 aliphatic carbocycles. The molecule has 0 amide bonds. The molecule has 0 aliphatic rings. The van der Waals surface area contributed by atoms with Crippen LogP contribution in [0.2, 0.25) is 0 Å². The number of carboxylic acids is 1. The summed E-state index contributed by atoms with van der Waals surface area (Å²) in [6.07, 6.45) is 2.35. The molecule has 0 fully saturated rings. The van der Waals surface area contributed by atoms with Crippen molar-refractivity contribution in [2.24, 2.45) is 0 Å². The van der Waals surface area contributed by atoms with Crippen molar-refractivity contribution in [2.75, 3.05) is 0 Å². The van der Waals surface area contributed by atoms with Gasteiger partial charge in [0.25, 0.3) is 10.0 Å². The van der Waals surface area contributed by atoms with E-state index >= 15 is 0 Å². The molecule has 0 aromatic heterocycles. The van der Waals surface area contributed by atoms with E-state index in [2.05, 4.69) is 0 Å². The number of rotatable bonds is 5. The Balaban J connectivity index is 2.84. The van der Waals surface area contributed by atoms with Gasteiger partial charge in [-0.3, -0.25) is 4.84 Å². The Kier molecular flexibility index (Phi) is 5.04. The number of carbonyl (C=O) groups is 1. The van der Waals surface area contributed by atoms with Gasteiger partial charge in [0.15, 0.2) is 0 Å². The van der Waals surface area contributed by atoms with Crippen LogP contribution in [-0.2, 0) is 19.7 Å². The molecule has 2 N–H and O–H groups in total. The summed E-state index contributed by atoms with van der Waals surface area (Å²) >= 11 is 0. The van der Waals surface area contributed by atoms with Crippen molar-refractivity contribution < 1.29 is 23.2 Å². The van der Waals surface area contributed by atoms with Gasteiger partial charge >= 0.3 is 5.97 Å². The monoisotopic (exact) mass is 299 g/mol. The molecule has 6 nitrogen and oxygen atoms in total. The lowest BCUT2D eigenvalue weighted by Crippen LogP contribution is -2.33. The second-order valence-electron chi connectivity index (χ2n) is 5.04. The van der Waals surface area contributed by atoms with E-state index in [-0.39, 0.29) is 4.90 Å². The first-order valence-electron chi connectivity index (χ1n) is 5.81. The highest BCUT2D eigenvalue weighted by molar-refractivity contribution is 7.89. The second-order valence-corrected chi connectivity index (χ2v) is 6.69. The van der Waals surface area contributed by atoms with Gasteiger partial charge in [-0.2, -0.15) is 0 Å². The fourth-order valence-corrected chi connectivity index (χ4v) is 2.10. The van der Waals surface area contributed by atoms with Crippen LogP contribution in [0.25, 0.3) is 6.08 Å². The molecule has 0 aliphatic heterocycles. The van der Waals surface area contributed by atoms with E-state index in [1.54, 1.807) is 20.8 Å². The number of aliphatic carboxylic acids is 1. The lowest BCUT2D eigenvalue weighted by Gasteiger charge is -2.19. The first-order chi connectivity index (χ1) is 9.10. The van der Waals surface area contributed by atoms with Crippen LogP contribution in [0.1, 0.15) is 26.3 Å². The van der Waals surface area contributed by atoms with Crippen LogP contribution in [0.3, 0.4) is 0 Å². The molecule has 110 valence electrons. The third-order valence-corrected chi connectivity index (χ3v) is 3.26. The molecule has 0 saturated carbocycles. The van der Waals surface area contributed by atoms with Gasteiger partial charge in [-0.25, -0.2) is 13.2 Å². The Bertz CT molecular complexity index is 597. The Morgan fingerprint density at radius 2 is 1.80 bits per heavy atom. The molecule has 20 heavy (non-hydrogen) atoms. The summed E-state index contributed by atoms with van der Waals surface area (Å²) in [5, 5.41) is 8.50. The Morgan fingerprint density at radius 3 is 2.25 bits per heavy atom. The highest BCUT2D eigenvalue weighted by atomic mass is 32.2. The third-order valence-electron chi connectivity index (χ3n) is 2.07. The predicted octanol–water partition coefficient (Wildman–Crippen LogP) is 1.79. The summed E-state index contributed by atoms with van der Waals surface area (Å²) < 4.78 is 23.8. The van der Waals surface area contributed by atoms with E-state index in [0.29, 0.717) is 5.56 Å². The first kappa shape index (κ1) is 16.4. The maximum Gasteiger partial charge on any atom is 0.328 e. The molecule has 1 aromatic rings. The molecule has 0 spiro atoms. The van der Waals surface area contributed by atoms with Crippen LogP contribution in [0.15, 0.2) is 35.2 Å². The van der Waals surface area contributed by atoms with Gasteiger partial charge < -0.3 is 5.11 Å². The van der Waals surface area contributed by atoms with Crippen molar-refractivity contribution in [3.63, 3.8) is 0 Å². The molecule has 7 heteroatoms. The molecular formula is C13H17NO5S. The highest BCUT2D eigenvalue weighted by Crippen LogP contribution is 2.13. The van der Waals surface area contributed by atoms with Gasteiger partial charge in [-0.15, -0.1) is 0 Å². The van der Waals surface area contributed by atoms with Crippen LogP contribution < -0.4 is 4.89 Å². The number of hydrogen-bond donors (Lipinski definition) is 2. The van der Waals surface area contributed by atoms with Crippen LogP contribution in [-0.4, -0.2) is 25.1 Å². The zero-order valence-electron chi connectivity index (χ0n) is 11.5. The van der Waals surface area contributed by atoms with Crippen LogP contribution >= 0.6 is 0 Å². The van der Waals surface area contributed by atoms with E-state index in [1.807, 2.05) is 4.89 Å². The summed E-state index contributed by atoms with van der Waals surface area (Å²) in [6, 6.07) is 5.75. The topological polar surface area (TPSA) is 92.7 Å². The molecule has 0 bridgehead atoms. The van der Waals surface area contributed by atoms with Gasteiger partial charge in [-0.05, 0) is 44.5 Å². The van der Waals surface area contributed by atoms with E-state index in [0.717, 1.165) is 6.08 Å². The van der Waals surface area contributed by atoms with Crippen molar-refractivity contribution >= 4 is 22.1 Å². The smallest absolute Gasteiger partial charge is 0.328 e. The van der Waals surface area contributed by atoms with Crippen molar-refractivity contribution in [3.05, 3.63) is 35.9 Å². The van der Waals surface area contributed by atoms with E-state index in [1.165, 1.54) is 30.3 Å². The average Bonchev–Trinajstić information content (AvgIpc) is 2.34. The molecule has 0 atom stereocenters. The van der Waals surface area contributed by atoms with Crippen LogP contribution in [0.5, 0.6) is 0 Å². The molecular weight excluding hydrogens is 282 g/mol. The summed E-state index contributed by atoms with van der Waals surface area (Å²) in [5.74, 6) is -1.07. The summed E-state index contributed by atoms with van der Waals surface area (Å²) in [7, 11) is -3.75. The summed E-state index contributed by atoms with van der Waals surface area (Å²) in [6.45, 7) is 5.15. The lowest BCUT2D eigenvalue weighted by atomic mass is 10.2. The maximum absolute atomic E-state index is 11.9. The Labute approximate surface area is 118 Å². The van der Waals surface area contributed by atoms with Gasteiger partial charge in [0.2, 0.25) is 0 Å². The minimum atomic E-state index is -3.75. The fourth-order valence-electron chi connectivity index (χ4n) is 1.15. The predicted molar refractivity (Wildman–Crippen MR) is 74.3 cm³/mol. The quantitative estimate of drug-likeness (QED) is 0.639. The summed E-state index contributed by atoms with van der Waals surface area (Å²) in [4.78, 5) is 17.5. The molecule has 1 aromatic carbocycles. The van der Waals surface area contributed by atoms with Crippen molar-refractivity contribution in [1.82, 2.24) is 4.89 Å². The first-order valence-corrected chi connectivity index (χ1v) is 7.29. The third kappa shape index (κ3) is 5.52. The summed E-state index contributed by atoms with van der Waals surface area (Å²) in [5.41, 5.74) is -0.0554.